The average Bonchev–Trinajstić information content (AvgIpc) is 2.58. The first kappa shape index (κ1) is 16.2. The summed E-state index contributed by atoms with van der Waals surface area (Å²) in [5.41, 5.74) is 2.12. The van der Waals surface area contributed by atoms with Crippen molar-refractivity contribution < 1.29 is 9.50 Å². The molecule has 2 atom stereocenters. The van der Waals surface area contributed by atoms with E-state index in [2.05, 4.69) is 29.2 Å². The number of aliphatic hydroxyl groups excluding tert-OH is 1. The van der Waals surface area contributed by atoms with Crippen LogP contribution < -0.4 is 0 Å². The maximum absolute atomic E-state index is 13.0. The van der Waals surface area contributed by atoms with Crippen molar-refractivity contribution >= 4 is 0 Å². The van der Waals surface area contributed by atoms with Crippen LogP contribution in [0, 0.1) is 5.82 Å². The maximum atomic E-state index is 13.0. The summed E-state index contributed by atoms with van der Waals surface area (Å²) in [6.45, 7) is 2.01. The van der Waals surface area contributed by atoms with Crippen molar-refractivity contribution in [2.24, 2.45) is 0 Å². The van der Waals surface area contributed by atoms with E-state index < -0.39 is 6.10 Å². The van der Waals surface area contributed by atoms with E-state index in [4.69, 9.17) is 0 Å². The molecule has 1 aliphatic heterocycles. The van der Waals surface area contributed by atoms with Crippen LogP contribution in [0.1, 0.15) is 42.9 Å². The Morgan fingerprint density at radius 3 is 2.52 bits per heavy atom. The minimum atomic E-state index is -0.531. The number of rotatable bonds is 5. The first-order valence-corrected chi connectivity index (χ1v) is 8.44. The van der Waals surface area contributed by atoms with Gasteiger partial charge >= 0.3 is 0 Å². The van der Waals surface area contributed by atoms with Crippen molar-refractivity contribution in [2.45, 2.75) is 44.4 Å². The fraction of sp³-hybridized carbons (Fsp3) is 0.400. The fourth-order valence-electron chi connectivity index (χ4n) is 3.43. The number of piperidine rings is 1. The highest BCUT2D eigenvalue weighted by atomic mass is 19.1. The molecule has 122 valence electrons. The molecule has 23 heavy (non-hydrogen) atoms. The summed E-state index contributed by atoms with van der Waals surface area (Å²) in [5.74, 6) is -0.260. The summed E-state index contributed by atoms with van der Waals surface area (Å²) in [6, 6.07) is 17.1. The molecule has 2 aromatic carbocycles. The lowest BCUT2D eigenvalue weighted by atomic mass is 9.93. The lowest BCUT2D eigenvalue weighted by Gasteiger charge is -2.37. The van der Waals surface area contributed by atoms with Crippen LogP contribution in [-0.2, 0) is 6.54 Å². The van der Waals surface area contributed by atoms with E-state index in [1.807, 2.05) is 6.07 Å². The van der Waals surface area contributed by atoms with Crippen molar-refractivity contribution in [3.63, 3.8) is 0 Å². The van der Waals surface area contributed by atoms with Gasteiger partial charge in [-0.2, -0.15) is 0 Å². The number of hydrogen-bond donors (Lipinski definition) is 1. The minimum absolute atomic E-state index is 0.260. The van der Waals surface area contributed by atoms with Gasteiger partial charge in [-0.1, -0.05) is 48.9 Å². The monoisotopic (exact) mass is 313 g/mol. The van der Waals surface area contributed by atoms with Crippen molar-refractivity contribution in [1.82, 2.24) is 4.90 Å². The quantitative estimate of drug-likeness (QED) is 0.889. The van der Waals surface area contributed by atoms with Gasteiger partial charge in [0.05, 0.1) is 6.10 Å². The predicted octanol–water partition coefficient (Wildman–Crippen LogP) is 4.30. The Morgan fingerprint density at radius 1 is 1.04 bits per heavy atom. The average molecular weight is 313 g/mol. The third-order valence-electron chi connectivity index (χ3n) is 4.73. The molecule has 0 radical (unpaired) electrons. The van der Waals surface area contributed by atoms with Crippen LogP contribution in [0.5, 0.6) is 0 Å². The van der Waals surface area contributed by atoms with Crippen LogP contribution in [0.2, 0.25) is 0 Å². The molecular weight excluding hydrogens is 289 g/mol. The maximum Gasteiger partial charge on any atom is 0.123 e. The predicted molar refractivity (Wildman–Crippen MR) is 90.5 cm³/mol. The van der Waals surface area contributed by atoms with E-state index in [0.29, 0.717) is 12.5 Å². The molecule has 0 bridgehead atoms. The second-order valence-corrected chi connectivity index (χ2v) is 6.41. The fourth-order valence-corrected chi connectivity index (χ4v) is 3.43. The van der Waals surface area contributed by atoms with E-state index in [-0.39, 0.29) is 5.82 Å². The molecule has 1 heterocycles. The molecule has 3 heteroatoms. The van der Waals surface area contributed by atoms with Gasteiger partial charge in [0.15, 0.2) is 0 Å². The van der Waals surface area contributed by atoms with E-state index >= 15 is 0 Å². The number of hydrogen-bond acceptors (Lipinski definition) is 2. The van der Waals surface area contributed by atoms with Gasteiger partial charge in [0.25, 0.3) is 0 Å². The topological polar surface area (TPSA) is 23.5 Å². The van der Waals surface area contributed by atoms with Gasteiger partial charge in [0.2, 0.25) is 0 Å². The van der Waals surface area contributed by atoms with Gasteiger partial charge in [0, 0.05) is 12.6 Å². The molecule has 0 spiro atoms. The first-order chi connectivity index (χ1) is 11.2. The summed E-state index contributed by atoms with van der Waals surface area (Å²) in [6.07, 6.45) is 3.73. The normalized spacial score (nSPS) is 20.3. The van der Waals surface area contributed by atoms with Crippen LogP contribution >= 0.6 is 0 Å². The molecule has 2 nitrogen and oxygen atoms in total. The molecule has 0 aromatic heterocycles. The van der Waals surface area contributed by atoms with Crippen molar-refractivity contribution in [2.75, 3.05) is 6.54 Å². The molecule has 1 N–H and O–H groups in total. The van der Waals surface area contributed by atoms with Crippen LogP contribution in [0.3, 0.4) is 0 Å². The second kappa shape index (κ2) is 7.71. The van der Waals surface area contributed by atoms with E-state index in [1.54, 1.807) is 12.1 Å². The van der Waals surface area contributed by atoms with Crippen LogP contribution in [0.4, 0.5) is 4.39 Å². The largest absolute Gasteiger partial charge is 0.388 e. The Kier molecular flexibility index (Phi) is 5.42. The van der Waals surface area contributed by atoms with E-state index in [0.717, 1.165) is 25.1 Å². The zero-order valence-electron chi connectivity index (χ0n) is 13.4. The van der Waals surface area contributed by atoms with Crippen molar-refractivity contribution in [3.05, 3.63) is 71.5 Å². The molecular formula is C20H24FNO. The Labute approximate surface area is 137 Å². The number of nitrogens with zero attached hydrogens (tertiary/aromatic N) is 1. The Morgan fingerprint density at radius 2 is 1.78 bits per heavy atom. The number of aliphatic hydroxyl groups is 1. The molecule has 0 saturated carbocycles. The highest BCUT2D eigenvalue weighted by Gasteiger charge is 2.25. The van der Waals surface area contributed by atoms with E-state index in [9.17, 15) is 9.50 Å². The Bertz CT molecular complexity index is 599. The summed E-state index contributed by atoms with van der Waals surface area (Å²) >= 11 is 0. The zero-order valence-corrected chi connectivity index (χ0v) is 13.4. The third kappa shape index (κ3) is 4.40. The minimum Gasteiger partial charge on any atom is -0.388 e. The molecule has 1 fully saturated rings. The van der Waals surface area contributed by atoms with Crippen LogP contribution in [-0.4, -0.2) is 22.6 Å². The lowest BCUT2D eigenvalue weighted by molar-refractivity contribution is 0.0736. The van der Waals surface area contributed by atoms with Crippen molar-refractivity contribution in [3.8, 4) is 0 Å². The van der Waals surface area contributed by atoms with Gasteiger partial charge in [-0.3, -0.25) is 4.90 Å². The lowest BCUT2D eigenvalue weighted by Crippen LogP contribution is -2.39. The van der Waals surface area contributed by atoms with Gasteiger partial charge < -0.3 is 5.11 Å². The Balaban J connectivity index is 1.65. The summed E-state index contributed by atoms with van der Waals surface area (Å²) in [7, 11) is 0. The van der Waals surface area contributed by atoms with Gasteiger partial charge in [-0.05, 0) is 49.1 Å². The molecule has 0 unspecified atom stereocenters. The van der Waals surface area contributed by atoms with Gasteiger partial charge in [0.1, 0.15) is 5.82 Å². The first-order valence-electron chi connectivity index (χ1n) is 8.44. The number of benzene rings is 2. The molecule has 3 rings (SSSR count). The summed E-state index contributed by atoms with van der Waals surface area (Å²) < 4.78 is 13.0. The highest BCUT2D eigenvalue weighted by molar-refractivity contribution is 5.19. The molecule has 2 aromatic rings. The van der Waals surface area contributed by atoms with Crippen LogP contribution in [0.25, 0.3) is 0 Å². The molecule has 0 amide bonds. The molecule has 1 aliphatic rings. The van der Waals surface area contributed by atoms with Gasteiger partial charge in [-0.15, -0.1) is 0 Å². The summed E-state index contributed by atoms with van der Waals surface area (Å²) in [5, 5.41) is 10.5. The third-order valence-corrected chi connectivity index (χ3v) is 4.73. The van der Waals surface area contributed by atoms with Gasteiger partial charge in [-0.25, -0.2) is 4.39 Å². The van der Waals surface area contributed by atoms with Crippen molar-refractivity contribution in [1.29, 1.82) is 0 Å². The molecule has 1 saturated heterocycles. The van der Waals surface area contributed by atoms with E-state index in [1.165, 1.54) is 30.5 Å². The highest BCUT2D eigenvalue weighted by Crippen LogP contribution is 2.28. The SMILES string of the molecule is O[C@@H](C[C@@H]1CCCCN1Cc1ccccc1)c1ccc(F)cc1. The zero-order chi connectivity index (χ0) is 16.1. The molecule has 0 aliphatic carbocycles. The smallest absolute Gasteiger partial charge is 0.123 e. The number of likely N-dealkylation sites (tertiary alicyclic amines) is 1. The number of halogens is 1. The van der Waals surface area contributed by atoms with Crippen LogP contribution in [0.15, 0.2) is 54.6 Å². The summed E-state index contributed by atoms with van der Waals surface area (Å²) in [4.78, 5) is 2.48. The second-order valence-electron chi connectivity index (χ2n) is 6.41. The Hall–Kier alpha value is -1.71. The standard InChI is InChI=1S/C20H24FNO/c21-18-11-9-17(10-12-18)20(23)14-19-8-4-5-13-22(19)15-16-6-2-1-3-7-16/h1-3,6-7,9-12,19-20,23H,4-5,8,13-15H2/t19-,20-/m0/s1.